The molecule has 0 radical (unpaired) electrons. The van der Waals surface area contributed by atoms with E-state index in [1.165, 1.54) is 12.5 Å². The second-order valence-corrected chi connectivity index (χ2v) is 4.89. The molecule has 16 heavy (non-hydrogen) atoms. The highest BCUT2D eigenvalue weighted by Crippen LogP contribution is 2.46. The normalized spacial score (nSPS) is 18.0. The Hall–Kier alpha value is -1.09. The van der Waals surface area contributed by atoms with Gasteiger partial charge in [0.25, 0.3) is 0 Å². The highest BCUT2D eigenvalue weighted by atomic mass is 19.1. The van der Waals surface area contributed by atoms with Crippen LogP contribution in [0.4, 0.5) is 10.1 Å². The first-order chi connectivity index (χ1) is 7.59. The van der Waals surface area contributed by atoms with E-state index in [4.69, 9.17) is 5.73 Å². The van der Waals surface area contributed by atoms with Crippen LogP contribution < -0.4 is 10.6 Å². The predicted octanol–water partition coefficient (Wildman–Crippen LogP) is 2.27. The number of hydrogen-bond acceptors (Lipinski definition) is 2. The summed E-state index contributed by atoms with van der Waals surface area (Å²) in [6, 6.07) is 5.02. The Bertz CT molecular complexity index is 378. The molecule has 0 heterocycles. The van der Waals surface area contributed by atoms with Crippen molar-refractivity contribution in [2.75, 3.05) is 25.5 Å². The molecule has 1 aliphatic carbocycles. The Balaban J connectivity index is 2.48. The van der Waals surface area contributed by atoms with Crippen LogP contribution >= 0.6 is 0 Å². The minimum Gasteiger partial charge on any atom is -0.377 e. The zero-order valence-corrected chi connectivity index (χ0v) is 9.96. The molecule has 2 rings (SSSR count). The molecule has 1 aromatic carbocycles. The third-order valence-corrected chi connectivity index (χ3v) is 3.71. The number of halogens is 1. The summed E-state index contributed by atoms with van der Waals surface area (Å²) in [6.07, 6.45) is 3.35. The van der Waals surface area contributed by atoms with Gasteiger partial charge in [-0.2, -0.15) is 0 Å². The lowest BCUT2D eigenvalue weighted by molar-refractivity contribution is 0.253. The minimum absolute atomic E-state index is 0.0156. The minimum atomic E-state index is -0.166. The van der Waals surface area contributed by atoms with E-state index in [2.05, 4.69) is 0 Å². The van der Waals surface area contributed by atoms with Crippen LogP contribution in [0.3, 0.4) is 0 Å². The smallest absolute Gasteiger partial charge is 0.123 e. The maximum Gasteiger partial charge on any atom is 0.123 e. The summed E-state index contributed by atoms with van der Waals surface area (Å²) in [6.45, 7) is 0.608. The number of nitrogens with two attached hydrogens (primary N) is 1. The van der Waals surface area contributed by atoms with Crippen LogP contribution in [0.2, 0.25) is 0 Å². The average Bonchev–Trinajstić information content (AvgIpc) is 2.16. The summed E-state index contributed by atoms with van der Waals surface area (Å²) in [5.74, 6) is -0.166. The summed E-state index contributed by atoms with van der Waals surface area (Å²) >= 11 is 0. The molecule has 1 fully saturated rings. The van der Waals surface area contributed by atoms with Crippen LogP contribution in [0.25, 0.3) is 0 Å². The van der Waals surface area contributed by atoms with Crippen molar-refractivity contribution in [1.82, 2.24) is 0 Å². The van der Waals surface area contributed by atoms with Gasteiger partial charge in [0.2, 0.25) is 0 Å². The molecular formula is C13H19FN2. The predicted molar refractivity (Wildman–Crippen MR) is 65.3 cm³/mol. The van der Waals surface area contributed by atoms with Crippen LogP contribution in [0, 0.1) is 5.82 Å². The standard InChI is InChI=1S/C13H19FN2/c1-16(2)12-5-4-10(14)8-11(12)13(9-15)6-3-7-13/h4-5,8H,3,6-7,9,15H2,1-2H3. The molecule has 88 valence electrons. The van der Waals surface area contributed by atoms with Crippen molar-refractivity contribution in [2.45, 2.75) is 24.7 Å². The fourth-order valence-corrected chi connectivity index (χ4v) is 2.51. The van der Waals surface area contributed by atoms with Crippen LogP contribution in [0.1, 0.15) is 24.8 Å². The first-order valence-electron chi connectivity index (χ1n) is 5.76. The first-order valence-corrected chi connectivity index (χ1v) is 5.76. The van der Waals surface area contributed by atoms with Gasteiger partial charge in [-0.1, -0.05) is 6.42 Å². The number of anilines is 1. The van der Waals surface area contributed by atoms with Crippen LogP contribution in [0.5, 0.6) is 0 Å². The van der Waals surface area contributed by atoms with Gasteiger partial charge in [0, 0.05) is 31.7 Å². The van der Waals surface area contributed by atoms with Gasteiger partial charge in [-0.25, -0.2) is 4.39 Å². The monoisotopic (exact) mass is 222 g/mol. The van der Waals surface area contributed by atoms with E-state index in [0.717, 1.165) is 24.1 Å². The Morgan fingerprint density at radius 3 is 2.50 bits per heavy atom. The number of rotatable bonds is 3. The van der Waals surface area contributed by atoms with Crippen molar-refractivity contribution >= 4 is 5.69 Å². The summed E-state index contributed by atoms with van der Waals surface area (Å²) in [5.41, 5.74) is 8.06. The van der Waals surface area contributed by atoms with Crippen molar-refractivity contribution < 1.29 is 4.39 Å². The van der Waals surface area contributed by atoms with E-state index in [1.807, 2.05) is 25.1 Å². The van der Waals surface area contributed by atoms with E-state index in [0.29, 0.717) is 6.54 Å². The summed E-state index contributed by atoms with van der Waals surface area (Å²) in [4.78, 5) is 2.03. The molecule has 0 bridgehead atoms. The lowest BCUT2D eigenvalue weighted by Crippen LogP contribution is -2.42. The van der Waals surface area contributed by atoms with Crippen LogP contribution in [0.15, 0.2) is 18.2 Å². The molecule has 0 aromatic heterocycles. The fourth-order valence-electron chi connectivity index (χ4n) is 2.51. The van der Waals surface area contributed by atoms with Crippen LogP contribution in [-0.2, 0) is 5.41 Å². The lowest BCUT2D eigenvalue weighted by atomic mass is 9.64. The van der Waals surface area contributed by atoms with Gasteiger partial charge < -0.3 is 10.6 Å². The second kappa shape index (κ2) is 4.06. The Kier molecular flexibility index (Phi) is 2.89. The van der Waals surface area contributed by atoms with Crippen molar-refractivity contribution in [1.29, 1.82) is 0 Å². The van der Waals surface area contributed by atoms with E-state index >= 15 is 0 Å². The highest BCUT2D eigenvalue weighted by Gasteiger charge is 2.39. The molecule has 0 unspecified atom stereocenters. The summed E-state index contributed by atoms with van der Waals surface area (Å²) < 4.78 is 13.4. The summed E-state index contributed by atoms with van der Waals surface area (Å²) in [7, 11) is 3.97. The fraction of sp³-hybridized carbons (Fsp3) is 0.538. The van der Waals surface area contributed by atoms with Crippen molar-refractivity contribution in [3.05, 3.63) is 29.6 Å². The van der Waals surface area contributed by atoms with Crippen LogP contribution in [-0.4, -0.2) is 20.6 Å². The zero-order valence-electron chi connectivity index (χ0n) is 9.96. The van der Waals surface area contributed by atoms with Gasteiger partial charge in [-0.05, 0) is 36.6 Å². The Morgan fingerprint density at radius 2 is 2.06 bits per heavy atom. The molecule has 3 heteroatoms. The number of nitrogens with zero attached hydrogens (tertiary/aromatic N) is 1. The van der Waals surface area contributed by atoms with Gasteiger partial charge in [0.15, 0.2) is 0 Å². The molecule has 1 saturated carbocycles. The Morgan fingerprint density at radius 1 is 1.38 bits per heavy atom. The first kappa shape index (κ1) is 11.4. The van der Waals surface area contributed by atoms with Gasteiger partial charge in [-0.15, -0.1) is 0 Å². The highest BCUT2D eigenvalue weighted by molar-refractivity contribution is 5.57. The van der Waals surface area contributed by atoms with E-state index in [9.17, 15) is 4.39 Å². The zero-order chi connectivity index (χ0) is 11.8. The quantitative estimate of drug-likeness (QED) is 0.850. The van der Waals surface area contributed by atoms with Crippen molar-refractivity contribution in [3.63, 3.8) is 0 Å². The molecule has 2 N–H and O–H groups in total. The van der Waals surface area contributed by atoms with Gasteiger partial charge in [-0.3, -0.25) is 0 Å². The Labute approximate surface area is 96.2 Å². The topological polar surface area (TPSA) is 29.3 Å². The molecular weight excluding hydrogens is 203 g/mol. The summed E-state index contributed by atoms with van der Waals surface area (Å²) in [5, 5.41) is 0. The molecule has 1 aliphatic rings. The van der Waals surface area contributed by atoms with E-state index in [1.54, 1.807) is 6.07 Å². The number of benzene rings is 1. The average molecular weight is 222 g/mol. The molecule has 2 nitrogen and oxygen atoms in total. The van der Waals surface area contributed by atoms with E-state index < -0.39 is 0 Å². The van der Waals surface area contributed by atoms with Crippen molar-refractivity contribution in [2.24, 2.45) is 5.73 Å². The van der Waals surface area contributed by atoms with Gasteiger partial charge >= 0.3 is 0 Å². The maximum atomic E-state index is 13.4. The molecule has 0 atom stereocenters. The second-order valence-electron chi connectivity index (χ2n) is 4.89. The lowest BCUT2D eigenvalue weighted by Gasteiger charge is -2.43. The van der Waals surface area contributed by atoms with Gasteiger partial charge in [0.05, 0.1) is 0 Å². The largest absolute Gasteiger partial charge is 0.377 e. The molecule has 0 spiro atoms. The van der Waals surface area contributed by atoms with Gasteiger partial charge in [0.1, 0.15) is 5.82 Å². The maximum absolute atomic E-state index is 13.4. The molecule has 0 saturated heterocycles. The third-order valence-electron chi connectivity index (χ3n) is 3.71. The third kappa shape index (κ3) is 1.69. The molecule has 0 amide bonds. The molecule has 0 aliphatic heterocycles. The van der Waals surface area contributed by atoms with Crippen molar-refractivity contribution in [3.8, 4) is 0 Å². The number of hydrogen-bond donors (Lipinski definition) is 1. The molecule has 1 aromatic rings. The van der Waals surface area contributed by atoms with E-state index in [-0.39, 0.29) is 11.2 Å². The SMILES string of the molecule is CN(C)c1ccc(F)cc1C1(CN)CCC1.